The van der Waals surface area contributed by atoms with Crippen LogP contribution in [0.4, 0.5) is 0 Å². The van der Waals surface area contributed by atoms with Gasteiger partial charge in [0.05, 0.1) is 11.4 Å². The summed E-state index contributed by atoms with van der Waals surface area (Å²) >= 11 is 0. The summed E-state index contributed by atoms with van der Waals surface area (Å²) in [6.45, 7) is 1.92. The Morgan fingerprint density at radius 1 is 0.800 bits per heavy atom. The van der Waals surface area contributed by atoms with Crippen LogP contribution < -0.4 is 0 Å². The largest absolute Gasteiger partial charge is 0.294 e. The van der Waals surface area contributed by atoms with Crippen molar-refractivity contribution in [3.63, 3.8) is 0 Å². The molecule has 4 heteroatoms. The minimum Gasteiger partial charge on any atom is -0.294 e. The van der Waals surface area contributed by atoms with E-state index in [-0.39, 0.29) is 11.7 Å². The molecule has 0 bridgehead atoms. The van der Waals surface area contributed by atoms with Gasteiger partial charge in [-0.05, 0) is 24.8 Å². The van der Waals surface area contributed by atoms with Crippen molar-refractivity contribution < 1.29 is 4.79 Å². The number of benzene rings is 3. The fourth-order valence-electron chi connectivity index (χ4n) is 3.55. The zero-order valence-electron chi connectivity index (χ0n) is 16.9. The summed E-state index contributed by atoms with van der Waals surface area (Å²) in [6, 6.07) is 29.5. The van der Waals surface area contributed by atoms with Gasteiger partial charge in [0.25, 0.3) is 0 Å². The molecule has 1 atom stereocenters. The zero-order valence-corrected chi connectivity index (χ0v) is 16.9. The lowest BCUT2D eigenvalue weighted by molar-refractivity contribution is 0.0973. The number of rotatable bonds is 7. The average Bonchev–Trinajstić information content (AvgIpc) is 2.81. The van der Waals surface area contributed by atoms with Crippen molar-refractivity contribution in [2.75, 3.05) is 0 Å². The van der Waals surface area contributed by atoms with Crippen LogP contribution in [0.1, 0.15) is 39.6 Å². The van der Waals surface area contributed by atoms with Crippen LogP contribution in [-0.4, -0.2) is 21.0 Å². The Labute approximate surface area is 176 Å². The van der Waals surface area contributed by atoms with Crippen LogP contribution in [0.3, 0.4) is 0 Å². The van der Waals surface area contributed by atoms with Gasteiger partial charge in [-0.25, -0.2) is 4.98 Å². The third-order valence-corrected chi connectivity index (χ3v) is 5.22. The third kappa shape index (κ3) is 4.66. The number of nitrogens with zero attached hydrogens (tertiary/aromatic N) is 3. The summed E-state index contributed by atoms with van der Waals surface area (Å²) in [4.78, 5) is 17.7. The van der Waals surface area contributed by atoms with Crippen LogP contribution >= 0.6 is 0 Å². The molecule has 1 unspecified atom stereocenters. The Balaban J connectivity index is 1.64. The van der Waals surface area contributed by atoms with Gasteiger partial charge < -0.3 is 0 Å². The number of hydrogen-bond donors (Lipinski definition) is 0. The minimum absolute atomic E-state index is 0.0120. The lowest BCUT2D eigenvalue weighted by Crippen LogP contribution is -2.13. The van der Waals surface area contributed by atoms with Crippen molar-refractivity contribution in [3.8, 4) is 11.4 Å². The maximum Gasteiger partial charge on any atom is 0.182 e. The molecule has 0 saturated heterocycles. The van der Waals surface area contributed by atoms with Crippen molar-refractivity contribution in [1.82, 2.24) is 15.2 Å². The third-order valence-electron chi connectivity index (χ3n) is 5.22. The number of hydrogen-bond acceptors (Lipinski definition) is 4. The quantitative estimate of drug-likeness (QED) is 0.392. The Morgan fingerprint density at radius 3 is 2.07 bits per heavy atom. The Bertz CT molecular complexity index is 1110. The van der Waals surface area contributed by atoms with Crippen molar-refractivity contribution in [1.29, 1.82) is 0 Å². The summed E-state index contributed by atoms with van der Waals surface area (Å²) in [5, 5.41) is 8.61. The van der Waals surface area contributed by atoms with Gasteiger partial charge in [0.15, 0.2) is 11.6 Å². The Hall–Kier alpha value is -3.66. The molecule has 4 rings (SSSR count). The first-order chi connectivity index (χ1) is 14.7. The smallest absolute Gasteiger partial charge is 0.182 e. The molecule has 0 aliphatic heterocycles. The maximum atomic E-state index is 12.9. The molecule has 1 heterocycles. The van der Waals surface area contributed by atoms with Crippen LogP contribution in [0.25, 0.3) is 11.4 Å². The summed E-state index contributed by atoms with van der Waals surface area (Å²) < 4.78 is 0. The molecule has 0 aliphatic rings. The molecule has 0 spiro atoms. The SMILES string of the molecule is Cc1nnc(-c2ccccc2)nc1CC(CC(=O)c1ccccc1)c1ccccc1. The van der Waals surface area contributed by atoms with Gasteiger partial charge in [-0.2, -0.15) is 5.10 Å². The lowest BCUT2D eigenvalue weighted by atomic mass is 9.87. The predicted octanol–water partition coefficient (Wildman–Crippen LogP) is 5.45. The van der Waals surface area contributed by atoms with E-state index in [1.54, 1.807) is 0 Å². The molecule has 0 amide bonds. The molecule has 3 aromatic carbocycles. The number of carbonyl (C=O) groups excluding carboxylic acids is 1. The van der Waals surface area contributed by atoms with Gasteiger partial charge in [0.2, 0.25) is 0 Å². The summed E-state index contributed by atoms with van der Waals surface area (Å²) in [5.41, 5.74) is 4.46. The molecule has 0 radical (unpaired) electrons. The van der Waals surface area contributed by atoms with Gasteiger partial charge >= 0.3 is 0 Å². The maximum absolute atomic E-state index is 12.9. The fraction of sp³-hybridized carbons (Fsp3) is 0.154. The van der Waals surface area contributed by atoms with Crippen LogP contribution in [0.15, 0.2) is 91.0 Å². The molecule has 0 fully saturated rings. The molecule has 148 valence electrons. The summed E-state index contributed by atoms with van der Waals surface area (Å²) in [7, 11) is 0. The van der Waals surface area contributed by atoms with E-state index in [4.69, 9.17) is 4.98 Å². The van der Waals surface area contributed by atoms with E-state index in [0.717, 1.165) is 28.1 Å². The van der Waals surface area contributed by atoms with Gasteiger partial charge in [-0.15, -0.1) is 5.10 Å². The zero-order chi connectivity index (χ0) is 20.8. The standard InChI is InChI=1S/C26H23N3O/c1-19-24(27-26(29-28-19)22-15-9-4-10-16-22)17-23(20-11-5-2-6-12-20)18-25(30)21-13-7-3-8-14-21/h2-16,23H,17-18H2,1H3. The molecule has 0 aliphatic carbocycles. The van der Waals surface area contributed by atoms with E-state index >= 15 is 0 Å². The van der Waals surface area contributed by atoms with Crippen LogP contribution in [-0.2, 0) is 6.42 Å². The molecular formula is C26H23N3O. The first-order valence-electron chi connectivity index (χ1n) is 10.1. The highest BCUT2D eigenvalue weighted by Gasteiger charge is 2.20. The van der Waals surface area contributed by atoms with Crippen LogP contribution in [0, 0.1) is 6.92 Å². The van der Waals surface area contributed by atoms with Gasteiger partial charge in [0, 0.05) is 17.5 Å². The molecule has 4 aromatic rings. The van der Waals surface area contributed by atoms with E-state index in [1.807, 2.05) is 85.8 Å². The monoisotopic (exact) mass is 393 g/mol. The number of carbonyl (C=O) groups is 1. The van der Waals surface area contributed by atoms with Gasteiger partial charge in [0.1, 0.15) is 0 Å². The fourth-order valence-corrected chi connectivity index (χ4v) is 3.55. The molecule has 0 saturated carbocycles. The van der Waals surface area contributed by atoms with Crippen molar-refractivity contribution in [2.45, 2.75) is 25.7 Å². The molecule has 0 N–H and O–H groups in total. The highest BCUT2D eigenvalue weighted by atomic mass is 16.1. The number of ketones is 1. The topological polar surface area (TPSA) is 55.7 Å². The van der Waals surface area contributed by atoms with Gasteiger partial charge in [-0.1, -0.05) is 91.0 Å². The molecule has 1 aromatic heterocycles. The second kappa shape index (κ2) is 9.23. The number of Topliss-reactive ketones (excluding diaryl/α,β-unsaturated/α-hetero) is 1. The molecular weight excluding hydrogens is 370 g/mol. The number of aryl methyl sites for hydroxylation is 1. The summed E-state index contributed by atoms with van der Waals surface area (Å²) in [6.07, 6.45) is 1.04. The minimum atomic E-state index is 0.0120. The average molecular weight is 393 g/mol. The Morgan fingerprint density at radius 2 is 1.40 bits per heavy atom. The van der Waals surface area contributed by atoms with Gasteiger partial charge in [-0.3, -0.25) is 4.79 Å². The van der Waals surface area contributed by atoms with E-state index in [0.29, 0.717) is 18.7 Å². The van der Waals surface area contributed by atoms with E-state index in [2.05, 4.69) is 22.3 Å². The first-order valence-corrected chi connectivity index (χ1v) is 10.1. The highest BCUT2D eigenvalue weighted by Crippen LogP contribution is 2.27. The molecule has 4 nitrogen and oxygen atoms in total. The van der Waals surface area contributed by atoms with E-state index in [9.17, 15) is 4.79 Å². The highest BCUT2D eigenvalue weighted by molar-refractivity contribution is 5.96. The second-order valence-electron chi connectivity index (χ2n) is 7.34. The predicted molar refractivity (Wildman–Crippen MR) is 118 cm³/mol. The van der Waals surface area contributed by atoms with Crippen LogP contribution in [0.5, 0.6) is 0 Å². The normalized spacial score (nSPS) is 11.8. The van der Waals surface area contributed by atoms with Crippen molar-refractivity contribution in [3.05, 3.63) is 114 Å². The second-order valence-corrected chi connectivity index (χ2v) is 7.34. The lowest BCUT2D eigenvalue weighted by Gasteiger charge is -2.18. The Kier molecular flexibility index (Phi) is 6.04. The van der Waals surface area contributed by atoms with Crippen LogP contribution in [0.2, 0.25) is 0 Å². The molecule has 30 heavy (non-hydrogen) atoms. The first kappa shape index (κ1) is 19.6. The van der Waals surface area contributed by atoms with E-state index in [1.165, 1.54) is 0 Å². The van der Waals surface area contributed by atoms with E-state index < -0.39 is 0 Å². The van der Waals surface area contributed by atoms with Crippen molar-refractivity contribution >= 4 is 5.78 Å². The summed E-state index contributed by atoms with van der Waals surface area (Å²) in [5.74, 6) is 0.753. The number of aromatic nitrogens is 3. The van der Waals surface area contributed by atoms with Crippen molar-refractivity contribution in [2.24, 2.45) is 0 Å².